The Morgan fingerprint density at radius 1 is 1.41 bits per heavy atom. The number of hydrogen-bond donors (Lipinski definition) is 2. The van der Waals surface area contributed by atoms with Crippen LogP contribution in [-0.4, -0.2) is 37.0 Å². The fourth-order valence-electron chi connectivity index (χ4n) is 2.69. The van der Waals surface area contributed by atoms with Crippen molar-refractivity contribution in [2.24, 2.45) is 10.7 Å². The number of nitrogens with two attached hydrogens (primary N) is 1. The number of nitrogens with one attached hydrogen (secondary N) is 1. The van der Waals surface area contributed by atoms with E-state index in [4.69, 9.17) is 17.3 Å². The summed E-state index contributed by atoms with van der Waals surface area (Å²) in [5.41, 5.74) is 7.13. The van der Waals surface area contributed by atoms with E-state index in [-0.39, 0.29) is 30.0 Å². The standard InChI is InChI=1S/C16H25ClN4.HI/c1-2-8-19-16(18)20-12-15(21-9-3-4-10-21)13-6-5-7-14(17)11-13;/h5-7,11,15H,2-4,8-10,12H2,1H3,(H3,18,19,20);1H. The Labute approximate surface area is 155 Å². The molecule has 22 heavy (non-hydrogen) atoms. The normalized spacial score (nSPS) is 17.1. The van der Waals surface area contributed by atoms with Gasteiger partial charge in [-0.2, -0.15) is 0 Å². The van der Waals surface area contributed by atoms with Crippen LogP contribution in [0.1, 0.15) is 37.8 Å². The van der Waals surface area contributed by atoms with Gasteiger partial charge in [0.05, 0.1) is 12.6 Å². The van der Waals surface area contributed by atoms with Gasteiger partial charge in [-0.3, -0.25) is 9.89 Å². The van der Waals surface area contributed by atoms with Crippen molar-refractivity contribution in [2.75, 3.05) is 26.2 Å². The molecule has 4 nitrogen and oxygen atoms in total. The molecule has 1 aliphatic rings. The van der Waals surface area contributed by atoms with Gasteiger partial charge in [-0.05, 0) is 50.0 Å². The van der Waals surface area contributed by atoms with Gasteiger partial charge in [0.15, 0.2) is 5.96 Å². The van der Waals surface area contributed by atoms with Crippen molar-refractivity contribution >= 4 is 41.5 Å². The molecule has 1 saturated heterocycles. The summed E-state index contributed by atoms with van der Waals surface area (Å²) in [6.45, 7) is 5.88. The van der Waals surface area contributed by atoms with Crippen molar-refractivity contribution in [1.29, 1.82) is 0 Å². The number of rotatable bonds is 6. The molecule has 0 bridgehead atoms. The summed E-state index contributed by atoms with van der Waals surface area (Å²) < 4.78 is 0. The minimum absolute atomic E-state index is 0. The van der Waals surface area contributed by atoms with Crippen molar-refractivity contribution in [1.82, 2.24) is 10.2 Å². The highest BCUT2D eigenvalue weighted by Crippen LogP contribution is 2.27. The molecule has 1 unspecified atom stereocenters. The third kappa shape index (κ3) is 5.93. The van der Waals surface area contributed by atoms with Crippen molar-refractivity contribution < 1.29 is 0 Å². The monoisotopic (exact) mass is 436 g/mol. The highest BCUT2D eigenvalue weighted by Gasteiger charge is 2.23. The molecule has 0 amide bonds. The lowest BCUT2D eigenvalue weighted by atomic mass is 10.1. The number of halogens is 2. The van der Waals surface area contributed by atoms with Crippen LogP contribution in [0.25, 0.3) is 0 Å². The zero-order chi connectivity index (χ0) is 15.1. The van der Waals surface area contributed by atoms with Gasteiger partial charge in [-0.1, -0.05) is 30.7 Å². The predicted octanol–water partition coefficient (Wildman–Crippen LogP) is 3.41. The second-order valence-corrected chi connectivity index (χ2v) is 5.90. The molecule has 2 rings (SSSR count). The number of hydrogen-bond acceptors (Lipinski definition) is 2. The minimum Gasteiger partial charge on any atom is -0.370 e. The van der Waals surface area contributed by atoms with E-state index in [1.807, 2.05) is 18.2 Å². The average molecular weight is 437 g/mol. The summed E-state index contributed by atoms with van der Waals surface area (Å²) in [4.78, 5) is 6.99. The van der Waals surface area contributed by atoms with Crippen LogP contribution in [-0.2, 0) is 0 Å². The summed E-state index contributed by atoms with van der Waals surface area (Å²) in [5, 5.41) is 3.90. The molecule has 1 heterocycles. The van der Waals surface area contributed by atoms with Crippen LogP contribution in [0, 0.1) is 0 Å². The first kappa shape index (κ1) is 19.5. The van der Waals surface area contributed by atoms with Gasteiger partial charge >= 0.3 is 0 Å². The van der Waals surface area contributed by atoms with Crippen LogP contribution in [0.3, 0.4) is 0 Å². The van der Waals surface area contributed by atoms with E-state index in [0.29, 0.717) is 12.5 Å². The molecule has 124 valence electrons. The lowest BCUT2D eigenvalue weighted by molar-refractivity contribution is 0.251. The van der Waals surface area contributed by atoms with Gasteiger partial charge in [-0.25, -0.2) is 0 Å². The van der Waals surface area contributed by atoms with E-state index in [1.54, 1.807) is 0 Å². The summed E-state index contributed by atoms with van der Waals surface area (Å²) >= 11 is 6.14. The van der Waals surface area contributed by atoms with Crippen molar-refractivity contribution in [3.05, 3.63) is 34.9 Å². The molecule has 0 saturated carbocycles. The molecule has 1 aromatic rings. The van der Waals surface area contributed by atoms with Crippen molar-refractivity contribution in [3.8, 4) is 0 Å². The fourth-order valence-corrected chi connectivity index (χ4v) is 2.89. The first-order valence-corrected chi connectivity index (χ1v) is 8.12. The van der Waals surface area contributed by atoms with Crippen LogP contribution < -0.4 is 11.1 Å². The highest BCUT2D eigenvalue weighted by molar-refractivity contribution is 14.0. The Morgan fingerprint density at radius 2 is 2.14 bits per heavy atom. The van der Waals surface area contributed by atoms with E-state index in [0.717, 1.165) is 31.1 Å². The van der Waals surface area contributed by atoms with Gasteiger partial charge < -0.3 is 11.1 Å². The number of likely N-dealkylation sites (tertiary alicyclic amines) is 1. The average Bonchev–Trinajstić information content (AvgIpc) is 2.99. The maximum Gasteiger partial charge on any atom is 0.188 e. The van der Waals surface area contributed by atoms with E-state index in [2.05, 4.69) is 28.2 Å². The highest BCUT2D eigenvalue weighted by atomic mass is 127. The quantitative estimate of drug-likeness (QED) is 0.408. The Morgan fingerprint density at radius 3 is 2.77 bits per heavy atom. The Hall–Kier alpha value is -0.530. The molecular weight excluding hydrogens is 411 g/mol. The Bertz CT molecular complexity index is 475. The van der Waals surface area contributed by atoms with Gasteiger partial charge in [-0.15, -0.1) is 24.0 Å². The van der Waals surface area contributed by atoms with Crippen LogP contribution >= 0.6 is 35.6 Å². The van der Waals surface area contributed by atoms with Gasteiger partial charge in [0.2, 0.25) is 0 Å². The third-order valence-electron chi connectivity index (χ3n) is 3.81. The van der Waals surface area contributed by atoms with Gasteiger partial charge in [0.1, 0.15) is 0 Å². The van der Waals surface area contributed by atoms with E-state index >= 15 is 0 Å². The largest absolute Gasteiger partial charge is 0.370 e. The van der Waals surface area contributed by atoms with Crippen LogP contribution in [0.15, 0.2) is 29.3 Å². The van der Waals surface area contributed by atoms with E-state index in [1.165, 1.54) is 18.4 Å². The number of aliphatic imine (C=N–C) groups is 1. The molecule has 3 N–H and O–H groups in total. The summed E-state index contributed by atoms with van der Waals surface area (Å²) in [5.74, 6) is 0.531. The van der Waals surface area contributed by atoms with Gasteiger partial charge in [0, 0.05) is 11.6 Å². The molecular formula is C16H26ClIN4. The topological polar surface area (TPSA) is 53.6 Å². The molecule has 0 aromatic heterocycles. The van der Waals surface area contributed by atoms with E-state index in [9.17, 15) is 0 Å². The summed E-state index contributed by atoms with van der Waals surface area (Å²) in [7, 11) is 0. The molecule has 1 fully saturated rings. The zero-order valence-corrected chi connectivity index (χ0v) is 16.2. The zero-order valence-electron chi connectivity index (χ0n) is 13.1. The second-order valence-electron chi connectivity index (χ2n) is 5.47. The smallest absolute Gasteiger partial charge is 0.188 e. The molecule has 6 heteroatoms. The molecule has 1 aromatic carbocycles. The van der Waals surface area contributed by atoms with Crippen LogP contribution in [0.2, 0.25) is 5.02 Å². The fraction of sp³-hybridized carbons (Fsp3) is 0.562. The maximum atomic E-state index is 6.14. The first-order chi connectivity index (χ1) is 10.2. The number of guanidine groups is 1. The molecule has 0 aliphatic carbocycles. The molecule has 0 radical (unpaired) electrons. The number of nitrogens with zero attached hydrogens (tertiary/aromatic N) is 2. The Balaban J connectivity index is 0.00000242. The Kier molecular flexibility index (Phi) is 9.12. The minimum atomic E-state index is 0. The lowest BCUT2D eigenvalue weighted by Gasteiger charge is -2.26. The SMILES string of the molecule is CCCNC(N)=NCC(c1cccc(Cl)c1)N1CCCC1.I. The van der Waals surface area contributed by atoms with Crippen molar-refractivity contribution in [2.45, 2.75) is 32.2 Å². The maximum absolute atomic E-state index is 6.14. The molecule has 1 atom stereocenters. The third-order valence-corrected chi connectivity index (χ3v) is 4.04. The summed E-state index contributed by atoms with van der Waals surface area (Å²) in [6, 6.07) is 8.33. The van der Waals surface area contributed by atoms with E-state index < -0.39 is 0 Å². The predicted molar refractivity (Wildman–Crippen MR) is 105 cm³/mol. The summed E-state index contributed by atoms with van der Waals surface area (Å²) in [6.07, 6.45) is 3.55. The lowest BCUT2D eigenvalue weighted by Crippen LogP contribution is -2.34. The van der Waals surface area contributed by atoms with Gasteiger partial charge in [0.25, 0.3) is 0 Å². The second kappa shape index (κ2) is 10.3. The van der Waals surface area contributed by atoms with Crippen molar-refractivity contribution in [3.63, 3.8) is 0 Å². The molecule has 1 aliphatic heterocycles. The van der Waals surface area contributed by atoms with Crippen LogP contribution in [0.5, 0.6) is 0 Å². The first-order valence-electron chi connectivity index (χ1n) is 7.74. The van der Waals surface area contributed by atoms with Crippen LogP contribution in [0.4, 0.5) is 0 Å². The molecule has 0 spiro atoms. The number of benzene rings is 1.